The van der Waals surface area contributed by atoms with Gasteiger partial charge >= 0.3 is 13.6 Å². The second-order valence-electron chi connectivity index (χ2n) is 5.52. The van der Waals surface area contributed by atoms with Crippen LogP contribution in [0.15, 0.2) is 0 Å². The summed E-state index contributed by atoms with van der Waals surface area (Å²) in [5.74, 6) is -0.770. The van der Waals surface area contributed by atoms with E-state index >= 15 is 0 Å². The van der Waals surface area contributed by atoms with Crippen LogP contribution in [0.3, 0.4) is 0 Å². The van der Waals surface area contributed by atoms with Gasteiger partial charge in [-0.3, -0.25) is 14.7 Å². The summed E-state index contributed by atoms with van der Waals surface area (Å²) in [6.07, 6.45) is -0.431. The van der Waals surface area contributed by atoms with Crippen molar-refractivity contribution >= 4 is 19.5 Å². The van der Waals surface area contributed by atoms with E-state index in [9.17, 15) is 14.2 Å². The molecular weight excluding hydrogens is 283 g/mol. The van der Waals surface area contributed by atoms with Crippen molar-refractivity contribution in [2.75, 3.05) is 6.16 Å². The van der Waals surface area contributed by atoms with E-state index in [1.165, 1.54) is 0 Å². The van der Waals surface area contributed by atoms with E-state index in [1.54, 1.807) is 34.6 Å². The molecule has 20 heavy (non-hydrogen) atoms. The van der Waals surface area contributed by atoms with Crippen LogP contribution in [0.2, 0.25) is 0 Å². The fraction of sp³-hybridized carbons (Fsp3) is 0.833. The van der Waals surface area contributed by atoms with Gasteiger partial charge in [0.25, 0.3) is 5.91 Å². The highest BCUT2D eigenvalue weighted by Crippen LogP contribution is 2.52. The van der Waals surface area contributed by atoms with Crippen molar-refractivity contribution in [1.29, 1.82) is 0 Å². The molecule has 1 fully saturated rings. The van der Waals surface area contributed by atoms with Crippen molar-refractivity contribution < 1.29 is 23.2 Å². The maximum atomic E-state index is 12.7. The summed E-state index contributed by atoms with van der Waals surface area (Å²) in [5, 5.41) is 4.66. The standard InChI is InChI=1S/C12H23N2O5P/c1-7(2)18-20(17,19-8(3)4)6-9(5)10-11(15)14-12(16)13-10/h7-10H,6H2,1-5H3,(H2,13,14,15,16). The molecule has 0 aromatic carbocycles. The maximum absolute atomic E-state index is 12.7. The Hall–Kier alpha value is -0.910. The molecule has 7 nitrogen and oxygen atoms in total. The Labute approximate surface area is 119 Å². The molecule has 0 bridgehead atoms. The van der Waals surface area contributed by atoms with E-state index in [2.05, 4.69) is 10.6 Å². The minimum atomic E-state index is -3.32. The highest BCUT2D eigenvalue weighted by molar-refractivity contribution is 7.53. The molecule has 3 amide bonds. The van der Waals surface area contributed by atoms with Crippen LogP contribution in [0.5, 0.6) is 0 Å². The Kier molecular flexibility index (Phi) is 5.74. The summed E-state index contributed by atoms with van der Waals surface area (Å²) in [6.45, 7) is 8.81. The number of hydrogen-bond donors (Lipinski definition) is 2. The number of amides is 3. The smallest absolute Gasteiger partial charge is 0.326 e. The lowest BCUT2D eigenvalue weighted by atomic mass is 10.1. The SMILES string of the molecule is CC(C)OP(=O)(CC(C)C1NC(=O)NC1=O)OC(C)C. The Morgan fingerprint density at radius 1 is 1.10 bits per heavy atom. The van der Waals surface area contributed by atoms with Gasteiger partial charge in [-0.1, -0.05) is 6.92 Å². The fourth-order valence-electron chi connectivity index (χ4n) is 2.04. The van der Waals surface area contributed by atoms with E-state index in [1.807, 2.05) is 0 Å². The highest BCUT2D eigenvalue weighted by atomic mass is 31.2. The van der Waals surface area contributed by atoms with E-state index in [0.29, 0.717) is 0 Å². The van der Waals surface area contributed by atoms with Crippen LogP contribution in [0.4, 0.5) is 4.79 Å². The first-order valence-electron chi connectivity index (χ1n) is 6.70. The number of rotatable bonds is 7. The van der Waals surface area contributed by atoms with E-state index in [-0.39, 0.29) is 24.3 Å². The predicted molar refractivity (Wildman–Crippen MR) is 74.5 cm³/mol. The summed E-state index contributed by atoms with van der Waals surface area (Å²) in [4.78, 5) is 22.7. The number of carbonyl (C=O) groups excluding carboxylic acids is 2. The van der Waals surface area contributed by atoms with Crippen LogP contribution in [0, 0.1) is 5.92 Å². The van der Waals surface area contributed by atoms with Gasteiger partial charge in [0.1, 0.15) is 6.04 Å². The molecule has 1 heterocycles. The zero-order chi connectivity index (χ0) is 15.5. The topological polar surface area (TPSA) is 93.7 Å². The lowest BCUT2D eigenvalue weighted by Crippen LogP contribution is -2.37. The largest absolute Gasteiger partial charge is 0.331 e. The third kappa shape index (κ3) is 4.89. The monoisotopic (exact) mass is 306 g/mol. The molecule has 0 radical (unpaired) electrons. The summed E-state index contributed by atoms with van der Waals surface area (Å²) >= 11 is 0. The van der Waals surface area contributed by atoms with Crippen molar-refractivity contribution in [2.45, 2.75) is 52.9 Å². The third-order valence-electron chi connectivity index (χ3n) is 2.63. The summed E-state index contributed by atoms with van der Waals surface area (Å²) in [6, 6.07) is -1.24. The molecule has 1 rings (SSSR count). The number of nitrogens with one attached hydrogen (secondary N) is 2. The second-order valence-corrected chi connectivity index (χ2v) is 7.53. The average Bonchev–Trinajstić information content (AvgIpc) is 2.54. The fourth-order valence-corrected chi connectivity index (χ4v) is 4.47. The van der Waals surface area contributed by atoms with Crippen LogP contribution in [-0.2, 0) is 18.4 Å². The van der Waals surface area contributed by atoms with Gasteiger partial charge in [0.15, 0.2) is 0 Å². The van der Waals surface area contributed by atoms with E-state index < -0.39 is 25.6 Å². The van der Waals surface area contributed by atoms with Gasteiger partial charge in [-0.05, 0) is 33.6 Å². The summed E-state index contributed by atoms with van der Waals surface area (Å²) < 4.78 is 23.6. The van der Waals surface area contributed by atoms with Crippen molar-refractivity contribution in [3.8, 4) is 0 Å². The van der Waals surface area contributed by atoms with Crippen LogP contribution < -0.4 is 10.6 Å². The van der Waals surface area contributed by atoms with Crippen LogP contribution >= 0.6 is 7.60 Å². The average molecular weight is 306 g/mol. The molecule has 1 aliphatic rings. The number of carbonyl (C=O) groups is 2. The number of imide groups is 1. The predicted octanol–water partition coefficient (Wildman–Crippen LogP) is 1.87. The van der Waals surface area contributed by atoms with Gasteiger partial charge in [-0.25, -0.2) is 4.79 Å². The molecule has 2 N–H and O–H groups in total. The molecule has 116 valence electrons. The van der Waals surface area contributed by atoms with Crippen molar-refractivity contribution in [3.05, 3.63) is 0 Å². The molecular formula is C12H23N2O5P. The van der Waals surface area contributed by atoms with Crippen molar-refractivity contribution in [3.63, 3.8) is 0 Å². The third-order valence-corrected chi connectivity index (χ3v) is 5.14. The van der Waals surface area contributed by atoms with Crippen LogP contribution in [0.25, 0.3) is 0 Å². The lowest BCUT2D eigenvalue weighted by molar-refractivity contribution is -0.120. The first-order valence-corrected chi connectivity index (χ1v) is 8.43. The van der Waals surface area contributed by atoms with E-state index in [4.69, 9.17) is 9.05 Å². The van der Waals surface area contributed by atoms with Gasteiger partial charge in [0.2, 0.25) is 0 Å². The van der Waals surface area contributed by atoms with Gasteiger partial charge in [-0.15, -0.1) is 0 Å². The highest BCUT2D eigenvalue weighted by Gasteiger charge is 2.39. The molecule has 0 saturated carbocycles. The minimum Gasteiger partial charge on any atom is -0.326 e. The van der Waals surface area contributed by atoms with Gasteiger partial charge < -0.3 is 14.4 Å². The van der Waals surface area contributed by atoms with E-state index in [0.717, 1.165) is 0 Å². The first-order chi connectivity index (χ1) is 9.13. The number of hydrogen-bond acceptors (Lipinski definition) is 5. The number of urea groups is 1. The molecule has 1 aliphatic heterocycles. The van der Waals surface area contributed by atoms with Crippen LogP contribution in [-0.4, -0.2) is 36.3 Å². The Balaban J connectivity index is 2.76. The molecule has 0 aromatic rings. The second kappa shape index (κ2) is 6.70. The Morgan fingerprint density at radius 3 is 1.95 bits per heavy atom. The quantitative estimate of drug-likeness (QED) is 0.553. The Bertz CT molecular complexity index is 410. The zero-order valence-electron chi connectivity index (χ0n) is 12.5. The normalized spacial score (nSPS) is 21.2. The van der Waals surface area contributed by atoms with Crippen LogP contribution in [0.1, 0.15) is 34.6 Å². The maximum Gasteiger partial charge on any atom is 0.331 e. The lowest BCUT2D eigenvalue weighted by Gasteiger charge is -2.26. The van der Waals surface area contributed by atoms with Crippen molar-refractivity contribution in [1.82, 2.24) is 10.6 Å². The molecule has 0 aromatic heterocycles. The summed E-state index contributed by atoms with van der Waals surface area (Å²) in [7, 11) is -3.32. The molecule has 2 unspecified atom stereocenters. The van der Waals surface area contributed by atoms with Gasteiger partial charge in [0.05, 0.1) is 18.4 Å². The Morgan fingerprint density at radius 2 is 1.60 bits per heavy atom. The van der Waals surface area contributed by atoms with Crippen molar-refractivity contribution in [2.24, 2.45) is 5.92 Å². The summed E-state index contributed by atoms with van der Waals surface area (Å²) in [5.41, 5.74) is 0. The first kappa shape index (κ1) is 17.1. The minimum absolute atomic E-state index is 0.0712. The van der Waals surface area contributed by atoms with Gasteiger partial charge in [-0.2, -0.15) is 0 Å². The van der Waals surface area contributed by atoms with Gasteiger partial charge in [0, 0.05) is 0 Å². The zero-order valence-corrected chi connectivity index (χ0v) is 13.4. The molecule has 1 saturated heterocycles. The molecule has 8 heteroatoms. The molecule has 0 spiro atoms. The molecule has 2 atom stereocenters. The molecule has 0 aliphatic carbocycles.